The predicted molar refractivity (Wildman–Crippen MR) is 96.2 cm³/mol. The number of carbonyl (C=O) groups excluding carboxylic acids is 1. The lowest BCUT2D eigenvalue weighted by Crippen LogP contribution is -2.26. The molecule has 23 heavy (non-hydrogen) atoms. The van der Waals surface area contributed by atoms with Crippen LogP contribution in [0.5, 0.6) is 0 Å². The minimum atomic E-state index is -0.241. The molecule has 0 aliphatic heterocycles. The highest BCUT2D eigenvalue weighted by atomic mass is 32.1. The number of nitrogens with one attached hydrogen (secondary N) is 2. The highest BCUT2D eigenvalue weighted by Crippen LogP contribution is 2.40. The van der Waals surface area contributed by atoms with Gasteiger partial charge in [0.2, 0.25) is 0 Å². The highest BCUT2D eigenvalue weighted by Gasteiger charge is 2.30. The van der Waals surface area contributed by atoms with Crippen LogP contribution in [0, 0.1) is 11.3 Å². The summed E-state index contributed by atoms with van der Waals surface area (Å²) in [5.74, 6) is 0.682. The summed E-state index contributed by atoms with van der Waals surface area (Å²) >= 11 is 1.61. The van der Waals surface area contributed by atoms with Gasteiger partial charge in [0, 0.05) is 10.6 Å². The van der Waals surface area contributed by atoms with Crippen molar-refractivity contribution in [3.05, 3.63) is 40.9 Å². The van der Waals surface area contributed by atoms with E-state index in [1.54, 1.807) is 11.3 Å². The van der Waals surface area contributed by atoms with Gasteiger partial charge in [-0.3, -0.25) is 5.32 Å². The number of urea groups is 1. The third-order valence-electron chi connectivity index (χ3n) is 4.42. The molecule has 1 aliphatic carbocycles. The maximum absolute atomic E-state index is 12.1. The number of anilines is 2. The maximum Gasteiger partial charge on any atom is 0.325 e. The summed E-state index contributed by atoms with van der Waals surface area (Å²) in [4.78, 5) is 18.0. The molecule has 1 aromatic carbocycles. The van der Waals surface area contributed by atoms with E-state index >= 15 is 0 Å². The van der Waals surface area contributed by atoms with Gasteiger partial charge in [-0.1, -0.05) is 39.0 Å². The van der Waals surface area contributed by atoms with Gasteiger partial charge in [-0.15, -0.1) is 11.3 Å². The van der Waals surface area contributed by atoms with Gasteiger partial charge in [-0.25, -0.2) is 9.78 Å². The average molecular weight is 329 g/mol. The Balaban J connectivity index is 1.65. The van der Waals surface area contributed by atoms with E-state index in [-0.39, 0.29) is 6.03 Å². The second kappa shape index (κ2) is 6.32. The van der Waals surface area contributed by atoms with Crippen LogP contribution >= 0.6 is 11.3 Å². The number of carbonyl (C=O) groups is 1. The topological polar surface area (TPSA) is 54.0 Å². The number of amides is 2. The first-order valence-electron chi connectivity index (χ1n) is 8.03. The number of para-hydroxylation sites is 1. The maximum atomic E-state index is 12.1. The number of benzene rings is 1. The predicted octanol–water partition coefficient (Wildman–Crippen LogP) is 4.94. The molecule has 122 valence electrons. The molecule has 1 unspecified atom stereocenters. The van der Waals surface area contributed by atoms with Crippen molar-refractivity contribution in [1.82, 2.24) is 4.98 Å². The van der Waals surface area contributed by atoms with E-state index in [9.17, 15) is 4.79 Å². The first-order chi connectivity index (χ1) is 10.9. The molecule has 0 saturated heterocycles. The zero-order chi connectivity index (χ0) is 16.4. The summed E-state index contributed by atoms with van der Waals surface area (Å²) in [7, 11) is 0. The number of hydrogen-bond donors (Lipinski definition) is 2. The number of aromatic nitrogens is 1. The Hall–Kier alpha value is -1.88. The Labute approximate surface area is 141 Å². The van der Waals surface area contributed by atoms with Gasteiger partial charge < -0.3 is 5.32 Å². The van der Waals surface area contributed by atoms with Crippen LogP contribution in [-0.2, 0) is 12.8 Å². The summed E-state index contributed by atoms with van der Waals surface area (Å²) in [5, 5.41) is 6.37. The number of hydrogen-bond acceptors (Lipinski definition) is 3. The fourth-order valence-electron chi connectivity index (χ4n) is 2.95. The summed E-state index contributed by atoms with van der Waals surface area (Å²) < 4.78 is 0. The van der Waals surface area contributed by atoms with Crippen LogP contribution < -0.4 is 10.6 Å². The first kappa shape index (κ1) is 16.0. The van der Waals surface area contributed by atoms with Gasteiger partial charge in [0.05, 0.1) is 5.69 Å². The van der Waals surface area contributed by atoms with E-state index in [4.69, 9.17) is 0 Å². The number of nitrogens with zero attached hydrogens (tertiary/aromatic N) is 1. The average Bonchev–Trinajstić information content (AvgIpc) is 2.88. The molecule has 0 bridgehead atoms. The lowest BCUT2D eigenvalue weighted by Gasteiger charge is -2.33. The van der Waals surface area contributed by atoms with E-state index in [2.05, 4.69) is 36.4 Å². The molecule has 1 aromatic heterocycles. The third-order valence-corrected chi connectivity index (χ3v) is 5.45. The van der Waals surface area contributed by atoms with Crippen molar-refractivity contribution in [2.45, 2.75) is 40.0 Å². The smallest absolute Gasteiger partial charge is 0.308 e. The Bertz CT molecular complexity index is 688. The lowest BCUT2D eigenvalue weighted by atomic mass is 9.73. The largest absolute Gasteiger partial charge is 0.325 e. The standard InChI is InChI=1S/C18H23N3OS/c1-18(2,3)12-9-10-14-15(11-12)23-17(20-14)21-16(22)19-13-7-5-4-6-8-13/h4-8,12H,9-11H2,1-3H3,(H2,19,20,21,22). The number of rotatable bonds is 2. The monoisotopic (exact) mass is 329 g/mol. The minimum absolute atomic E-state index is 0.241. The van der Waals surface area contributed by atoms with Crippen molar-refractivity contribution in [3.63, 3.8) is 0 Å². The number of thiazole rings is 1. The fourth-order valence-corrected chi connectivity index (χ4v) is 4.03. The van der Waals surface area contributed by atoms with Gasteiger partial charge in [0.1, 0.15) is 0 Å². The van der Waals surface area contributed by atoms with Crippen molar-refractivity contribution < 1.29 is 4.79 Å². The molecule has 2 aromatic rings. The second-order valence-corrected chi connectivity index (χ2v) is 8.22. The molecule has 0 fully saturated rings. The molecule has 1 aliphatic rings. The van der Waals surface area contributed by atoms with Crippen LogP contribution in [0.25, 0.3) is 0 Å². The van der Waals surface area contributed by atoms with Crippen molar-refractivity contribution in [2.24, 2.45) is 11.3 Å². The molecule has 2 N–H and O–H groups in total. The van der Waals surface area contributed by atoms with Crippen molar-refractivity contribution in [1.29, 1.82) is 0 Å². The van der Waals surface area contributed by atoms with Crippen molar-refractivity contribution in [2.75, 3.05) is 10.6 Å². The minimum Gasteiger partial charge on any atom is -0.308 e. The Morgan fingerprint density at radius 1 is 1.22 bits per heavy atom. The molecule has 4 nitrogen and oxygen atoms in total. The van der Waals surface area contributed by atoms with Crippen LogP contribution in [0.3, 0.4) is 0 Å². The second-order valence-electron chi connectivity index (χ2n) is 7.14. The van der Waals surface area contributed by atoms with E-state index in [0.29, 0.717) is 16.5 Å². The molecule has 2 amide bonds. The zero-order valence-electron chi connectivity index (χ0n) is 13.8. The van der Waals surface area contributed by atoms with Gasteiger partial charge in [0.15, 0.2) is 5.13 Å². The molecule has 0 spiro atoms. The fraction of sp³-hybridized carbons (Fsp3) is 0.444. The number of aryl methyl sites for hydroxylation is 1. The van der Waals surface area contributed by atoms with E-state index in [1.807, 2.05) is 30.3 Å². The molecule has 0 saturated carbocycles. The quantitative estimate of drug-likeness (QED) is 0.820. The Kier molecular flexibility index (Phi) is 4.39. The SMILES string of the molecule is CC(C)(C)C1CCc2nc(NC(=O)Nc3ccccc3)sc2C1. The highest BCUT2D eigenvalue weighted by molar-refractivity contribution is 7.15. The summed E-state index contributed by atoms with van der Waals surface area (Å²) in [5.41, 5.74) is 2.25. The molecule has 5 heteroatoms. The normalized spacial score (nSPS) is 17.4. The van der Waals surface area contributed by atoms with Gasteiger partial charge >= 0.3 is 6.03 Å². The van der Waals surface area contributed by atoms with Crippen LogP contribution in [0.1, 0.15) is 37.8 Å². The number of fused-ring (bicyclic) bond motifs is 1. The molecule has 3 rings (SSSR count). The van der Waals surface area contributed by atoms with E-state index in [1.165, 1.54) is 11.3 Å². The molecular formula is C18H23N3OS. The first-order valence-corrected chi connectivity index (χ1v) is 8.85. The van der Waals surface area contributed by atoms with Gasteiger partial charge in [-0.2, -0.15) is 0 Å². The van der Waals surface area contributed by atoms with Crippen LogP contribution in [0.4, 0.5) is 15.6 Å². The van der Waals surface area contributed by atoms with Crippen molar-refractivity contribution in [3.8, 4) is 0 Å². The Morgan fingerprint density at radius 3 is 2.65 bits per heavy atom. The molecule has 1 atom stereocenters. The summed E-state index contributed by atoms with van der Waals surface area (Å²) in [6.07, 6.45) is 3.25. The van der Waals surface area contributed by atoms with Crippen LogP contribution in [-0.4, -0.2) is 11.0 Å². The lowest BCUT2D eigenvalue weighted by molar-refractivity contribution is 0.217. The van der Waals surface area contributed by atoms with E-state index < -0.39 is 0 Å². The van der Waals surface area contributed by atoms with Crippen LogP contribution in [0.15, 0.2) is 30.3 Å². The third kappa shape index (κ3) is 3.91. The Morgan fingerprint density at radius 2 is 1.96 bits per heavy atom. The van der Waals surface area contributed by atoms with Gasteiger partial charge in [0.25, 0.3) is 0 Å². The summed E-state index contributed by atoms with van der Waals surface area (Å²) in [6.45, 7) is 6.91. The van der Waals surface area contributed by atoms with Crippen LogP contribution in [0.2, 0.25) is 0 Å². The van der Waals surface area contributed by atoms with Crippen molar-refractivity contribution >= 4 is 28.2 Å². The van der Waals surface area contributed by atoms with E-state index in [0.717, 1.165) is 24.2 Å². The zero-order valence-corrected chi connectivity index (χ0v) is 14.7. The molecule has 0 radical (unpaired) electrons. The summed E-state index contributed by atoms with van der Waals surface area (Å²) in [6, 6.07) is 9.19. The molecular weight excluding hydrogens is 306 g/mol. The van der Waals surface area contributed by atoms with Gasteiger partial charge in [-0.05, 0) is 42.7 Å². The molecule has 1 heterocycles.